The summed E-state index contributed by atoms with van der Waals surface area (Å²) in [6.45, 7) is 0.208. The molecule has 0 heterocycles. The van der Waals surface area contributed by atoms with Crippen molar-refractivity contribution in [1.82, 2.24) is 10.2 Å². The number of carbonyl (C=O) groups excluding carboxylic acids is 1. The van der Waals surface area contributed by atoms with Gasteiger partial charge in [0.1, 0.15) is 24.3 Å². The molecule has 0 bridgehead atoms. The van der Waals surface area contributed by atoms with E-state index in [0.717, 1.165) is 12.8 Å². The Morgan fingerprint density at radius 1 is 1.41 bits per heavy atom. The first-order valence-corrected chi connectivity index (χ1v) is 7.46. The summed E-state index contributed by atoms with van der Waals surface area (Å²) >= 11 is 0. The first kappa shape index (κ1) is 16.7. The van der Waals surface area contributed by atoms with Gasteiger partial charge >= 0.3 is 0 Å². The third kappa shape index (κ3) is 4.68. The third-order valence-electron chi connectivity index (χ3n) is 3.98. The number of nitrogens with zero attached hydrogens (tertiary/aromatic N) is 1. The minimum Gasteiger partial charge on any atom is -0.491 e. The lowest BCUT2D eigenvalue weighted by atomic mass is 9.79. The number of hydrogen-bond acceptors (Lipinski definition) is 4. The molecule has 0 spiro atoms. The highest BCUT2D eigenvalue weighted by Gasteiger charge is 2.35. The summed E-state index contributed by atoms with van der Waals surface area (Å²) in [5, 5.41) is 12.5. The summed E-state index contributed by atoms with van der Waals surface area (Å²) in [6.07, 6.45) is 0.931. The van der Waals surface area contributed by atoms with Crippen LogP contribution in [-0.2, 0) is 4.79 Å². The summed E-state index contributed by atoms with van der Waals surface area (Å²) in [5.41, 5.74) is 0. The molecule has 1 atom stereocenters. The van der Waals surface area contributed by atoms with E-state index in [1.807, 2.05) is 14.1 Å². The average molecular weight is 310 g/mol. The molecule has 1 saturated carbocycles. The molecule has 1 aromatic rings. The van der Waals surface area contributed by atoms with Gasteiger partial charge in [-0.1, -0.05) is 0 Å². The minimum atomic E-state index is -0.793. The molecule has 1 aromatic carbocycles. The second-order valence-electron chi connectivity index (χ2n) is 5.95. The van der Waals surface area contributed by atoms with Gasteiger partial charge in [0.05, 0.1) is 0 Å². The minimum absolute atomic E-state index is 0.0149. The van der Waals surface area contributed by atoms with Gasteiger partial charge in [-0.2, -0.15) is 0 Å². The molecule has 0 aliphatic heterocycles. The van der Waals surface area contributed by atoms with Gasteiger partial charge in [-0.15, -0.1) is 0 Å². The molecule has 0 aromatic heterocycles. The van der Waals surface area contributed by atoms with Gasteiger partial charge in [-0.3, -0.25) is 4.79 Å². The molecule has 6 heteroatoms. The van der Waals surface area contributed by atoms with Crippen LogP contribution in [0.15, 0.2) is 24.3 Å². The number of rotatable bonds is 7. The quantitative estimate of drug-likeness (QED) is 0.789. The van der Waals surface area contributed by atoms with Crippen molar-refractivity contribution in [2.45, 2.75) is 25.0 Å². The molecule has 2 rings (SSSR count). The Balaban J connectivity index is 1.62. The predicted molar refractivity (Wildman–Crippen MR) is 81.1 cm³/mol. The van der Waals surface area contributed by atoms with Crippen LogP contribution in [0, 0.1) is 11.7 Å². The highest BCUT2D eigenvalue weighted by molar-refractivity contribution is 5.79. The van der Waals surface area contributed by atoms with E-state index in [1.54, 1.807) is 0 Å². The van der Waals surface area contributed by atoms with Crippen molar-refractivity contribution in [3.05, 3.63) is 30.1 Å². The van der Waals surface area contributed by atoms with Crippen molar-refractivity contribution in [2.24, 2.45) is 5.92 Å². The third-order valence-corrected chi connectivity index (χ3v) is 3.98. The van der Waals surface area contributed by atoms with Gasteiger partial charge in [0.15, 0.2) is 0 Å². The maximum atomic E-state index is 12.7. The SMILES string of the molecule is CN(C)C1CC(C(=O)NCC(O)COc2ccc(F)cc2)C1. The van der Waals surface area contributed by atoms with Crippen LogP contribution >= 0.6 is 0 Å². The topological polar surface area (TPSA) is 61.8 Å². The van der Waals surface area contributed by atoms with E-state index in [2.05, 4.69) is 10.2 Å². The van der Waals surface area contributed by atoms with Crippen LogP contribution in [0.2, 0.25) is 0 Å². The normalized spacial score (nSPS) is 22.0. The van der Waals surface area contributed by atoms with Crippen molar-refractivity contribution in [1.29, 1.82) is 0 Å². The molecule has 1 unspecified atom stereocenters. The van der Waals surface area contributed by atoms with Crippen LogP contribution in [0.3, 0.4) is 0 Å². The fourth-order valence-corrected chi connectivity index (χ4v) is 2.37. The van der Waals surface area contributed by atoms with Crippen LogP contribution in [0.1, 0.15) is 12.8 Å². The van der Waals surface area contributed by atoms with Gasteiger partial charge in [-0.25, -0.2) is 4.39 Å². The zero-order valence-electron chi connectivity index (χ0n) is 13.0. The van der Waals surface area contributed by atoms with Crippen molar-refractivity contribution in [2.75, 3.05) is 27.2 Å². The van der Waals surface area contributed by atoms with Crippen LogP contribution < -0.4 is 10.1 Å². The standard InChI is InChI=1S/C16H23FN2O3/c1-19(2)13-7-11(8-13)16(21)18-9-14(20)10-22-15-5-3-12(17)4-6-15/h3-6,11,13-14,20H,7-10H2,1-2H3,(H,18,21). The van der Waals surface area contributed by atoms with E-state index in [9.17, 15) is 14.3 Å². The Morgan fingerprint density at radius 2 is 2.05 bits per heavy atom. The molecule has 1 aliphatic carbocycles. The summed E-state index contributed by atoms with van der Waals surface area (Å²) in [7, 11) is 4.02. The number of carbonyl (C=O) groups is 1. The molecule has 0 saturated heterocycles. The lowest BCUT2D eigenvalue weighted by Gasteiger charge is -2.38. The predicted octanol–water partition coefficient (Wildman–Crippen LogP) is 1.02. The molecule has 122 valence electrons. The number of amides is 1. The van der Waals surface area contributed by atoms with Crippen LogP contribution in [0.4, 0.5) is 4.39 Å². The van der Waals surface area contributed by atoms with Crippen molar-refractivity contribution < 1.29 is 19.0 Å². The number of benzene rings is 1. The lowest BCUT2D eigenvalue weighted by Crippen LogP contribution is -2.48. The van der Waals surface area contributed by atoms with Crippen LogP contribution in [0.25, 0.3) is 0 Å². The summed E-state index contributed by atoms with van der Waals surface area (Å²) < 4.78 is 18.1. The van der Waals surface area contributed by atoms with Crippen LogP contribution in [0.5, 0.6) is 5.75 Å². The fourth-order valence-electron chi connectivity index (χ4n) is 2.37. The van der Waals surface area contributed by atoms with Gasteiger partial charge < -0.3 is 20.1 Å². The molecule has 0 radical (unpaired) electrons. The smallest absolute Gasteiger partial charge is 0.223 e. The summed E-state index contributed by atoms with van der Waals surface area (Å²) in [4.78, 5) is 14.0. The molecule has 1 amide bonds. The van der Waals surface area contributed by atoms with E-state index in [1.165, 1.54) is 24.3 Å². The van der Waals surface area contributed by atoms with Crippen LogP contribution in [-0.4, -0.2) is 55.3 Å². The van der Waals surface area contributed by atoms with Gasteiger partial charge in [0.25, 0.3) is 0 Å². The highest BCUT2D eigenvalue weighted by Crippen LogP contribution is 2.30. The molecule has 22 heavy (non-hydrogen) atoms. The van der Waals surface area contributed by atoms with E-state index in [-0.39, 0.29) is 30.8 Å². The first-order valence-electron chi connectivity index (χ1n) is 7.46. The van der Waals surface area contributed by atoms with Gasteiger partial charge in [-0.05, 0) is 51.2 Å². The van der Waals surface area contributed by atoms with Crippen molar-refractivity contribution in [3.8, 4) is 5.75 Å². The molecule has 5 nitrogen and oxygen atoms in total. The average Bonchev–Trinajstić information content (AvgIpc) is 2.42. The van der Waals surface area contributed by atoms with E-state index < -0.39 is 6.10 Å². The van der Waals surface area contributed by atoms with Gasteiger partial charge in [0, 0.05) is 18.5 Å². The highest BCUT2D eigenvalue weighted by atomic mass is 19.1. The molecule has 1 aliphatic rings. The largest absolute Gasteiger partial charge is 0.491 e. The monoisotopic (exact) mass is 310 g/mol. The summed E-state index contributed by atoms with van der Waals surface area (Å²) in [6, 6.07) is 6.05. The fraction of sp³-hybridized carbons (Fsp3) is 0.562. The molecular weight excluding hydrogens is 287 g/mol. The number of halogens is 1. The Kier molecular flexibility index (Phi) is 5.74. The zero-order valence-corrected chi connectivity index (χ0v) is 13.0. The number of aliphatic hydroxyl groups is 1. The molecule has 2 N–H and O–H groups in total. The second kappa shape index (κ2) is 7.56. The van der Waals surface area contributed by atoms with Crippen molar-refractivity contribution in [3.63, 3.8) is 0 Å². The van der Waals surface area contributed by atoms with Crippen molar-refractivity contribution >= 4 is 5.91 Å². The van der Waals surface area contributed by atoms with E-state index >= 15 is 0 Å². The van der Waals surface area contributed by atoms with E-state index in [4.69, 9.17) is 4.74 Å². The number of ether oxygens (including phenoxy) is 1. The number of hydrogen-bond donors (Lipinski definition) is 2. The van der Waals surface area contributed by atoms with Gasteiger partial charge in [0.2, 0.25) is 5.91 Å². The number of aliphatic hydroxyl groups excluding tert-OH is 1. The van der Waals surface area contributed by atoms with E-state index in [0.29, 0.717) is 11.8 Å². The Labute approximate surface area is 130 Å². The first-order chi connectivity index (χ1) is 10.5. The molecule has 1 fully saturated rings. The number of nitrogens with one attached hydrogen (secondary N) is 1. The Bertz CT molecular complexity index is 487. The lowest BCUT2D eigenvalue weighted by molar-refractivity contribution is -0.129. The second-order valence-corrected chi connectivity index (χ2v) is 5.95. The maximum Gasteiger partial charge on any atom is 0.223 e. The summed E-state index contributed by atoms with van der Waals surface area (Å²) in [5.74, 6) is 0.174. The maximum absolute atomic E-state index is 12.7. The Morgan fingerprint density at radius 3 is 2.64 bits per heavy atom. The Hall–Kier alpha value is -1.66. The zero-order chi connectivity index (χ0) is 16.1. The molecular formula is C16H23FN2O3.